The first-order chi connectivity index (χ1) is 13.2. The maximum atomic E-state index is 12.6. The number of carboxylic acid groups (broad SMARTS) is 1. The van der Waals surface area contributed by atoms with Crippen LogP contribution in [-0.2, 0) is 22.6 Å². The van der Waals surface area contributed by atoms with Crippen molar-refractivity contribution in [2.24, 2.45) is 5.92 Å². The van der Waals surface area contributed by atoms with E-state index in [9.17, 15) is 18.0 Å². The molecule has 1 aliphatic heterocycles. The molecule has 1 unspecified atom stereocenters. The number of hydrogen-bond acceptors (Lipinski definition) is 5. The fourth-order valence-electron chi connectivity index (χ4n) is 2.65. The minimum Gasteiger partial charge on any atom is -0.475 e. The van der Waals surface area contributed by atoms with Gasteiger partial charge in [-0.25, -0.2) is 4.79 Å². The van der Waals surface area contributed by atoms with E-state index in [1.165, 1.54) is 0 Å². The van der Waals surface area contributed by atoms with E-state index >= 15 is 0 Å². The van der Waals surface area contributed by atoms with Gasteiger partial charge in [-0.1, -0.05) is 0 Å². The zero-order valence-corrected chi connectivity index (χ0v) is 15.9. The van der Waals surface area contributed by atoms with E-state index in [1.807, 2.05) is 39.4 Å². The van der Waals surface area contributed by atoms with Crippen molar-refractivity contribution >= 4 is 23.2 Å². The Morgan fingerprint density at radius 3 is 2.64 bits per heavy atom. The second-order valence-corrected chi connectivity index (χ2v) is 6.81. The number of thiophene rings is 1. The highest BCUT2D eigenvalue weighted by Crippen LogP contribution is 2.19. The summed E-state index contributed by atoms with van der Waals surface area (Å²) in [5.74, 6) is -2.39. The summed E-state index contributed by atoms with van der Waals surface area (Å²) in [6, 6.07) is 3.86. The summed E-state index contributed by atoms with van der Waals surface area (Å²) in [5, 5.41) is 15.3. The van der Waals surface area contributed by atoms with Gasteiger partial charge in [0.2, 0.25) is 0 Å². The van der Waals surface area contributed by atoms with Gasteiger partial charge in [-0.05, 0) is 24.4 Å². The van der Waals surface area contributed by atoms with Crippen LogP contribution in [0.15, 0.2) is 29.1 Å². The Balaban J connectivity index is 0.000000345. The van der Waals surface area contributed by atoms with E-state index in [1.54, 1.807) is 17.5 Å². The third-order valence-electron chi connectivity index (χ3n) is 3.92. The van der Waals surface area contributed by atoms with Crippen LogP contribution in [0.5, 0.6) is 0 Å². The molecule has 0 fully saturated rings. The molecule has 3 heterocycles. The van der Waals surface area contributed by atoms with Gasteiger partial charge >= 0.3 is 12.1 Å². The monoisotopic (exact) mass is 419 g/mol. The molecule has 0 saturated carbocycles. The minimum absolute atomic E-state index is 0.0902. The zero-order chi connectivity index (χ0) is 20.7. The van der Waals surface area contributed by atoms with Gasteiger partial charge in [-0.3, -0.25) is 9.48 Å². The molecule has 11 heteroatoms. The molecule has 0 bridgehead atoms. The Kier molecular flexibility index (Phi) is 7.58. The van der Waals surface area contributed by atoms with Gasteiger partial charge in [-0.2, -0.15) is 29.6 Å². The maximum absolute atomic E-state index is 12.6. The summed E-state index contributed by atoms with van der Waals surface area (Å²) >= 11 is 1.55. The SMILES string of the molecule is CCOCC1CN(C(=O)c2ccsc2)Cc2ccnn2C1.O=C(O)C(F)(F)F. The highest BCUT2D eigenvalue weighted by Gasteiger charge is 2.38. The lowest BCUT2D eigenvalue weighted by molar-refractivity contribution is -0.192. The van der Waals surface area contributed by atoms with Crippen molar-refractivity contribution in [2.45, 2.75) is 26.2 Å². The molecule has 28 heavy (non-hydrogen) atoms. The Bertz CT molecular complexity index is 777. The molecular weight excluding hydrogens is 399 g/mol. The number of aromatic nitrogens is 2. The molecule has 154 valence electrons. The molecule has 3 rings (SSSR count). The number of amides is 1. The lowest BCUT2D eigenvalue weighted by atomic mass is 10.1. The van der Waals surface area contributed by atoms with E-state index in [4.69, 9.17) is 14.6 Å². The van der Waals surface area contributed by atoms with Crippen molar-refractivity contribution in [1.82, 2.24) is 14.7 Å². The minimum atomic E-state index is -5.08. The lowest BCUT2D eigenvalue weighted by Gasteiger charge is -2.23. The number of aliphatic carboxylic acids is 1. The summed E-state index contributed by atoms with van der Waals surface area (Å²) in [6.07, 6.45) is -3.29. The third-order valence-corrected chi connectivity index (χ3v) is 4.61. The van der Waals surface area contributed by atoms with Crippen LogP contribution in [0.25, 0.3) is 0 Å². The van der Waals surface area contributed by atoms with E-state index in [2.05, 4.69) is 5.10 Å². The van der Waals surface area contributed by atoms with Crippen LogP contribution in [0, 0.1) is 5.92 Å². The number of carbonyl (C=O) groups excluding carboxylic acids is 1. The van der Waals surface area contributed by atoms with E-state index in [0.29, 0.717) is 26.3 Å². The fraction of sp³-hybridized carbons (Fsp3) is 0.471. The normalized spacial score (nSPS) is 16.6. The van der Waals surface area contributed by atoms with Gasteiger partial charge in [0.15, 0.2) is 0 Å². The molecule has 7 nitrogen and oxygen atoms in total. The number of carbonyl (C=O) groups is 2. The van der Waals surface area contributed by atoms with Crippen molar-refractivity contribution in [2.75, 3.05) is 19.8 Å². The largest absolute Gasteiger partial charge is 0.490 e. The standard InChI is InChI=1S/C15H19N3O2S.C2HF3O2/c1-2-20-10-12-7-17(15(19)13-4-6-21-11-13)9-14-3-5-16-18(14)8-12;3-2(4,5)1(6)7/h3-6,11-12H,2,7-10H2,1H3;(H,6,7). The zero-order valence-electron chi connectivity index (χ0n) is 15.1. The Morgan fingerprint density at radius 1 is 1.36 bits per heavy atom. The molecule has 2 aromatic heterocycles. The summed E-state index contributed by atoms with van der Waals surface area (Å²) in [4.78, 5) is 23.4. The molecule has 1 aliphatic rings. The Morgan fingerprint density at radius 2 is 2.07 bits per heavy atom. The van der Waals surface area contributed by atoms with Gasteiger partial charge in [0.05, 0.1) is 24.4 Å². The average Bonchev–Trinajstić information content (AvgIpc) is 3.28. The molecule has 0 aromatic carbocycles. The Labute approximate surface area is 163 Å². The van der Waals surface area contributed by atoms with E-state index < -0.39 is 12.1 Å². The molecule has 0 aliphatic carbocycles. The molecule has 1 amide bonds. The predicted molar refractivity (Wildman–Crippen MR) is 95.0 cm³/mol. The summed E-state index contributed by atoms with van der Waals surface area (Å²) in [6.45, 7) is 5.46. The molecule has 0 radical (unpaired) electrons. The van der Waals surface area contributed by atoms with Crippen molar-refractivity contribution in [3.8, 4) is 0 Å². The van der Waals surface area contributed by atoms with Crippen LogP contribution >= 0.6 is 11.3 Å². The first-order valence-electron chi connectivity index (χ1n) is 8.42. The van der Waals surface area contributed by atoms with Crippen LogP contribution in [0.4, 0.5) is 13.2 Å². The van der Waals surface area contributed by atoms with Crippen molar-refractivity contribution in [3.05, 3.63) is 40.3 Å². The number of carboxylic acids is 1. The number of ether oxygens (including phenoxy) is 1. The fourth-order valence-corrected chi connectivity index (χ4v) is 3.28. The number of halogens is 3. The topological polar surface area (TPSA) is 84.7 Å². The maximum Gasteiger partial charge on any atom is 0.490 e. The van der Waals surface area contributed by atoms with Crippen LogP contribution in [0.2, 0.25) is 0 Å². The quantitative estimate of drug-likeness (QED) is 0.824. The number of fused-ring (bicyclic) bond motifs is 1. The Hall–Kier alpha value is -2.40. The number of nitrogens with zero attached hydrogens (tertiary/aromatic N) is 3. The van der Waals surface area contributed by atoms with Gasteiger partial charge in [0, 0.05) is 37.2 Å². The second kappa shape index (κ2) is 9.69. The van der Waals surface area contributed by atoms with E-state index in [-0.39, 0.29) is 11.8 Å². The van der Waals surface area contributed by atoms with Crippen LogP contribution < -0.4 is 0 Å². The molecule has 2 aromatic rings. The number of rotatable bonds is 4. The molecule has 1 atom stereocenters. The van der Waals surface area contributed by atoms with Crippen LogP contribution in [0.1, 0.15) is 23.0 Å². The highest BCUT2D eigenvalue weighted by atomic mass is 32.1. The molecule has 1 N–H and O–H groups in total. The second-order valence-electron chi connectivity index (χ2n) is 6.03. The van der Waals surface area contributed by atoms with Crippen LogP contribution in [-0.4, -0.2) is 57.6 Å². The van der Waals surface area contributed by atoms with Crippen molar-refractivity contribution in [1.29, 1.82) is 0 Å². The smallest absolute Gasteiger partial charge is 0.475 e. The average molecular weight is 419 g/mol. The van der Waals surface area contributed by atoms with Crippen molar-refractivity contribution in [3.63, 3.8) is 0 Å². The lowest BCUT2D eigenvalue weighted by Crippen LogP contribution is -2.35. The first kappa shape index (κ1) is 21.9. The molecule has 0 saturated heterocycles. The number of alkyl halides is 3. The molecule has 0 spiro atoms. The predicted octanol–water partition coefficient (Wildman–Crippen LogP) is 2.89. The molecular formula is C17H20F3N3O4S. The summed E-state index contributed by atoms with van der Waals surface area (Å²) < 4.78 is 39.3. The van der Waals surface area contributed by atoms with Crippen molar-refractivity contribution < 1.29 is 32.6 Å². The van der Waals surface area contributed by atoms with E-state index in [0.717, 1.165) is 17.8 Å². The van der Waals surface area contributed by atoms with Crippen LogP contribution in [0.3, 0.4) is 0 Å². The first-order valence-corrected chi connectivity index (χ1v) is 9.36. The van der Waals surface area contributed by atoms with Gasteiger partial charge in [0.1, 0.15) is 0 Å². The van der Waals surface area contributed by atoms with Gasteiger partial charge in [-0.15, -0.1) is 0 Å². The highest BCUT2D eigenvalue weighted by molar-refractivity contribution is 7.08. The number of hydrogen-bond donors (Lipinski definition) is 1. The third kappa shape index (κ3) is 6.06. The van der Waals surface area contributed by atoms with Gasteiger partial charge < -0.3 is 14.7 Å². The van der Waals surface area contributed by atoms with Gasteiger partial charge in [0.25, 0.3) is 5.91 Å². The summed E-state index contributed by atoms with van der Waals surface area (Å²) in [5.41, 5.74) is 1.85. The summed E-state index contributed by atoms with van der Waals surface area (Å²) in [7, 11) is 0.